The maximum Gasteiger partial charge on any atom is 0.336 e. The summed E-state index contributed by atoms with van der Waals surface area (Å²) >= 11 is 0. The Morgan fingerprint density at radius 2 is 2.06 bits per heavy atom. The summed E-state index contributed by atoms with van der Waals surface area (Å²) in [5.74, 6) is 0.0823. The van der Waals surface area contributed by atoms with Crippen LogP contribution in [0.3, 0.4) is 0 Å². The van der Waals surface area contributed by atoms with Gasteiger partial charge in [-0.25, -0.2) is 4.79 Å². The van der Waals surface area contributed by atoms with Gasteiger partial charge in [0.05, 0.1) is 6.61 Å². The molecule has 0 saturated heterocycles. The van der Waals surface area contributed by atoms with Gasteiger partial charge in [-0.2, -0.15) is 0 Å². The molecule has 18 heavy (non-hydrogen) atoms. The summed E-state index contributed by atoms with van der Waals surface area (Å²) < 4.78 is 5.13. The molecular weight excluding hydrogens is 232 g/mol. The predicted molar refractivity (Wildman–Crippen MR) is 68.7 cm³/mol. The van der Waals surface area contributed by atoms with Crippen LogP contribution in [-0.4, -0.2) is 16.8 Å². The normalized spacial score (nSPS) is 12.0. The van der Waals surface area contributed by atoms with Crippen LogP contribution in [-0.2, 0) is 6.42 Å². The third kappa shape index (κ3) is 2.43. The molecule has 2 rings (SSSR count). The van der Waals surface area contributed by atoms with Crippen LogP contribution in [0.2, 0.25) is 0 Å². The zero-order valence-electron chi connectivity index (χ0n) is 10.0. The van der Waals surface area contributed by atoms with Crippen LogP contribution in [0.15, 0.2) is 45.1 Å². The first kappa shape index (κ1) is 12.4. The van der Waals surface area contributed by atoms with E-state index in [2.05, 4.69) is 0 Å². The maximum absolute atomic E-state index is 11.2. The average molecular weight is 246 g/mol. The fourth-order valence-corrected chi connectivity index (χ4v) is 1.72. The van der Waals surface area contributed by atoms with Crippen LogP contribution in [0, 0.1) is 0 Å². The number of fused-ring (bicyclic) bond motifs is 1. The molecule has 0 unspecified atom stereocenters. The SMILES string of the molecule is CC(=CCc1c(O)ccc2ccc(=O)oc12)CO. The van der Waals surface area contributed by atoms with E-state index in [1.54, 1.807) is 31.2 Å². The van der Waals surface area contributed by atoms with Gasteiger partial charge >= 0.3 is 5.63 Å². The zero-order valence-corrected chi connectivity index (χ0v) is 10.0. The molecule has 0 fully saturated rings. The quantitative estimate of drug-likeness (QED) is 0.641. The Bertz CT molecular complexity index is 652. The van der Waals surface area contributed by atoms with Crippen molar-refractivity contribution in [2.75, 3.05) is 6.61 Å². The molecule has 0 radical (unpaired) electrons. The van der Waals surface area contributed by atoms with E-state index in [0.29, 0.717) is 17.6 Å². The number of aliphatic hydroxyl groups excluding tert-OH is 1. The lowest BCUT2D eigenvalue weighted by molar-refractivity contribution is 0.331. The van der Waals surface area contributed by atoms with Gasteiger partial charge in [0.1, 0.15) is 11.3 Å². The third-order valence-corrected chi connectivity index (χ3v) is 2.77. The first-order valence-corrected chi connectivity index (χ1v) is 5.63. The smallest absolute Gasteiger partial charge is 0.336 e. The molecule has 0 atom stereocenters. The first-order valence-electron chi connectivity index (χ1n) is 5.63. The summed E-state index contributed by atoms with van der Waals surface area (Å²) in [6, 6.07) is 6.27. The second kappa shape index (κ2) is 5.06. The highest BCUT2D eigenvalue weighted by molar-refractivity contribution is 5.82. The van der Waals surface area contributed by atoms with Crippen molar-refractivity contribution in [1.29, 1.82) is 0 Å². The molecule has 0 aliphatic heterocycles. The zero-order chi connectivity index (χ0) is 13.1. The number of allylic oxidation sites excluding steroid dienone is 1. The lowest BCUT2D eigenvalue weighted by atomic mass is 10.1. The largest absolute Gasteiger partial charge is 0.508 e. The van der Waals surface area contributed by atoms with Gasteiger partial charge in [-0.3, -0.25) is 0 Å². The van der Waals surface area contributed by atoms with Crippen molar-refractivity contribution in [3.8, 4) is 5.75 Å². The van der Waals surface area contributed by atoms with Gasteiger partial charge in [-0.15, -0.1) is 0 Å². The molecule has 0 aliphatic rings. The van der Waals surface area contributed by atoms with Crippen molar-refractivity contribution in [1.82, 2.24) is 0 Å². The maximum atomic E-state index is 11.2. The minimum Gasteiger partial charge on any atom is -0.508 e. The Balaban J connectivity index is 2.57. The van der Waals surface area contributed by atoms with Crippen molar-refractivity contribution in [3.05, 3.63) is 51.9 Å². The molecule has 0 saturated carbocycles. The number of aromatic hydroxyl groups is 1. The number of hydrogen-bond acceptors (Lipinski definition) is 4. The topological polar surface area (TPSA) is 70.7 Å². The van der Waals surface area contributed by atoms with Gasteiger partial charge in [0.25, 0.3) is 0 Å². The number of phenolic OH excluding ortho intramolecular Hbond substituents is 1. The number of phenols is 1. The number of hydrogen-bond donors (Lipinski definition) is 2. The van der Waals surface area contributed by atoms with E-state index >= 15 is 0 Å². The molecule has 0 bridgehead atoms. The lowest BCUT2D eigenvalue weighted by Crippen LogP contribution is -1.97. The summed E-state index contributed by atoms with van der Waals surface area (Å²) in [4.78, 5) is 11.2. The third-order valence-electron chi connectivity index (χ3n) is 2.77. The molecule has 4 heteroatoms. The molecule has 1 aromatic carbocycles. The van der Waals surface area contributed by atoms with Gasteiger partial charge in [-0.05, 0) is 31.5 Å². The Kier molecular flexibility index (Phi) is 3.48. The van der Waals surface area contributed by atoms with E-state index < -0.39 is 5.63 Å². The van der Waals surface area contributed by atoms with Gasteiger partial charge in [-0.1, -0.05) is 11.6 Å². The van der Waals surface area contributed by atoms with Gasteiger partial charge in [0.15, 0.2) is 0 Å². The molecule has 1 aromatic heterocycles. The highest BCUT2D eigenvalue weighted by Gasteiger charge is 2.08. The van der Waals surface area contributed by atoms with Crippen LogP contribution in [0.5, 0.6) is 5.75 Å². The number of benzene rings is 1. The van der Waals surface area contributed by atoms with Crippen LogP contribution in [0.25, 0.3) is 11.0 Å². The van der Waals surface area contributed by atoms with Crippen LogP contribution in [0.4, 0.5) is 0 Å². The average Bonchev–Trinajstić information content (AvgIpc) is 2.37. The summed E-state index contributed by atoms with van der Waals surface area (Å²) in [6.07, 6.45) is 2.20. The van der Waals surface area contributed by atoms with E-state index in [-0.39, 0.29) is 12.4 Å². The highest BCUT2D eigenvalue weighted by Crippen LogP contribution is 2.27. The molecule has 94 valence electrons. The van der Waals surface area contributed by atoms with Gasteiger partial charge in [0.2, 0.25) is 0 Å². The standard InChI is InChI=1S/C14H14O4/c1-9(8-15)2-5-11-12(16)6-3-10-4-7-13(17)18-14(10)11/h2-4,6-7,15-16H,5,8H2,1H3. The fraction of sp³-hybridized carbons (Fsp3) is 0.214. The molecule has 2 N–H and O–H groups in total. The van der Waals surface area contributed by atoms with Crippen molar-refractivity contribution in [2.24, 2.45) is 0 Å². The monoisotopic (exact) mass is 246 g/mol. The van der Waals surface area contributed by atoms with E-state index in [4.69, 9.17) is 9.52 Å². The molecule has 0 spiro atoms. The Morgan fingerprint density at radius 3 is 2.78 bits per heavy atom. The number of aliphatic hydroxyl groups is 1. The van der Waals surface area contributed by atoms with Crippen molar-refractivity contribution in [3.63, 3.8) is 0 Å². The van der Waals surface area contributed by atoms with E-state index in [1.165, 1.54) is 6.07 Å². The first-order chi connectivity index (χ1) is 8.61. The van der Waals surface area contributed by atoms with Crippen molar-refractivity contribution in [2.45, 2.75) is 13.3 Å². The summed E-state index contributed by atoms with van der Waals surface area (Å²) in [6.45, 7) is 1.76. The molecule has 0 aliphatic carbocycles. The molecule has 1 heterocycles. The second-order valence-corrected chi connectivity index (χ2v) is 4.15. The van der Waals surface area contributed by atoms with E-state index in [0.717, 1.165) is 11.0 Å². The van der Waals surface area contributed by atoms with Gasteiger partial charge < -0.3 is 14.6 Å². The van der Waals surface area contributed by atoms with E-state index in [9.17, 15) is 9.90 Å². The summed E-state index contributed by atoms with van der Waals surface area (Å²) in [5.41, 5.74) is 1.30. The predicted octanol–water partition coefficient (Wildman–Crippen LogP) is 1.98. The minimum atomic E-state index is -0.447. The molecular formula is C14H14O4. The summed E-state index contributed by atoms with van der Waals surface area (Å²) in [7, 11) is 0. The summed E-state index contributed by atoms with van der Waals surface area (Å²) in [5, 5.41) is 19.5. The molecule has 2 aromatic rings. The van der Waals surface area contributed by atoms with Crippen molar-refractivity contribution < 1.29 is 14.6 Å². The van der Waals surface area contributed by atoms with Crippen LogP contribution >= 0.6 is 0 Å². The molecule has 0 amide bonds. The number of rotatable bonds is 3. The molecule has 4 nitrogen and oxygen atoms in total. The highest BCUT2D eigenvalue weighted by atomic mass is 16.4. The fourth-order valence-electron chi connectivity index (χ4n) is 1.72. The van der Waals surface area contributed by atoms with Gasteiger partial charge in [0, 0.05) is 17.0 Å². The lowest BCUT2D eigenvalue weighted by Gasteiger charge is -2.05. The van der Waals surface area contributed by atoms with E-state index in [1.807, 2.05) is 0 Å². The van der Waals surface area contributed by atoms with Crippen LogP contribution < -0.4 is 5.63 Å². The minimum absolute atomic E-state index is 0.0323. The Hall–Kier alpha value is -2.07. The Labute approximate surface area is 104 Å². The van der Waals surface area contributed by atoms with Crippen LogP contribution in [0.1, 0.15) is 12.5 Å². The Morgan fingerprint density at radius 1 is 1.33 bits per heavy atom. The van der Waals surface area contributed by atoms with Crippen molar-refractivity contribution >= 4 is 11.0 Å². The second-order valence-electron chi connectivity index (χ2n) is 4.15.